The summed E-state index contributed by atoms with van der Waals surface area (Å²) in [4.78, 5) is 6.78. The Balaban J connectivity index is 1.52. The molecule has 1 atom stereocenters. The van der Waals surface area contributed by atoms with E-state index in [9.17, 15) is 0 Å². The van der Waals surface area contributed by atoms with Crippen molar-refractivity contribution in [1.29, 1.82) is 0 Å². The molecule has 3 heterocycles. The van der Waals surface area contributed by atoms with Crippen LogP contribution in [0.5, 0.6) is 0 Å². The van der Waals surface area contributed by atoms with Crippen molar-refractivity contribution < 1.29 is 0 Å². The smallest absolute Gasteiger partial charge is 0.0973 e. The minimum absolute atomic E-state index is 0.621. The monoisotopic (exact) mass is 375 g/mol. The molecule has 5 heteroatoms. The zero-order valence-corrected chi connectivity index (χ0v) is 16.6. The molecule has 1 saturated heterocycles. The van der Waals surface area contributed by atoms with Gasteiger partial charge in [-0.2, -0.15) is 5.10 Å². The van der Waals surface area contributed by atoms with Gasteiger partial charge >= 0.3 is 0 Å². The summed E-state index contributed by atoms with van der Waals surface area (Å²) in [6.07, 6.45) is 9.67. The zero-order chi connectivity index (χ0) is 19.2. The summed E-state index contributed by atoms with van der Waals surface area (Å²) in [6.45, 7) is 6.61. The summed E-state index contributed by atoms with van der Waals surface area (Å²) in [5.41, 5.74) is 4.42. The standard InChI is InChI=1S/C23H29N5/c1-2-21(27-14-6-7-15-27)17-25-16-20-18-28(22-8-4-3-5-9-22)26-23(20)19-10-12-24-13-11-19/h3-5,8-13,18,21,25H,2,6-7,14-17H2,1H3. The molecule has 1 fully saturated rings. The Morgan fingerprint density at radius 1 is 1.04 bits per heavy atom. The van der Waals surface area contributed by atoms with Crippen LogP contribution in [0.2, 0.25) is 0 Å². The number of pyridine rings is 1. The molecular formula is C23H29N5. The summed E-state index contributed by atoms with van der Waals surface area (Å²) < 4.78 is 1.98. The topological polar surface area (TPSA) is 46.0 Å². The second kappa shape index (κ2) is 9.13. The Bertz CT molecular complexity index is 853. The lowest BCUT2D eigenvalue weighted by atomic mass is 10.1. The van der Waals surface area contributed by atoms with Gasteiger partial charge in [0.2, 0.25) is 0 Å². The number of nitrogens with zero attached hydrogens (tertiary/aromatic N) is 4. The fraction of sp³-hybridized carbons (Fsp3) is 0.391. The zero-order valence-electron chi connectivity index (χ0n) is 16.6. The Morgan fingerprint density at radius 3 is 2.50 bits per heavy atom. The van der Waals surface area contributed by atoms with Crippen LogP contribution in [0.4, 0.5) is 0 Å². The summed E-state index contributed by atoms with van der Waals surface area (Å²) in [7, 11) is 0. The molecule has 0 radical (unpaired) electrons. The molecule has 1 aliphatic heterocycles. The summed E-state index contributed by atoms with van der Waals surface area (Å²) >= 11 is 0. The summed E-state index contributed by atoms with van der Waals surface area (Å²) in [6, 6.07) is 15.0. The number of hydrogen-bond donors (Lipinski definition) is 1. The highest BCUT2D eigenvalue weighted by Crippen LogP contribution is 2.23. The molecule has 1 aliphatic rings. The van der Waals surface area contributed by atoms with E-state index in [1.807, 2.05) is 47.4 Å². The molecule has 146 valence electrons. The highest BCUT2D eigenvalue weighted by Gasteiger charge is 2.20. The van der Waals surface area contributed by atoms with Gasteiger partial charge < -0.3 is 5.32 Å². The van der Waals surface area contributed by atoms with Crippen LogP contribution < -0.4 is 5.32 Å². The molecule has 3 aromatic rings. The Hall–Kier alpha value is -2.50. The van der Waals surface area contributed by atoms with Gasteiger partial charge in [0, 0.05) is 48.8 Å². The first-order chi connectivity index (χ1) is 13.8. The Morgan fingerprint density at radius 2 is 1.79 bits per heavy atom. The third-order valence-electron chi connectivity index (χ3n) is 5.59. The fourth-order valence-corrected chi connectivity index (χ4v) is 4.02. The number of aromatic nitrogens is 3. The highest BCUT2D eigenvalue weighted by molar-refractivity contribution is 5.62. The van der Waals surface area contributed by atoms with E-state index in [0.717, 1.165) is 30.0 Å². The van der Waals surface area contributed by atoms with Crippen LogP contribution in [0.15, 0.2) is 61.1 Å². The van der Waals surface area contributed by atoms with Gasteiger partial charge in [-0.1, -0.05) is 25.1 Å². The van der Waals surface area contributed by atoms with Gasteiger partial charge in [-0.15, -0.1) is 0 Å². The van der Waals surface area contributed by atoms with Gasteiger partial charge in [0.15, 0.2) is 0 Å². The van der Waals surface area contributed by atoms with E-state index < -0.39 is 0 Å². The normalized spacial score (nSPS) is 15.8. The van der Waals surface area contributed by atoms with Crippen molar-refractivity contribution in [1.82, 2.24) is 25.0 Å². The molecule has 0 bridgehead atoms. The third-order valence-corrected chi connectivity index (χ3v) is 5.59. The van der Waals surface area contributed by atoms with Gasteiger partial charge in [-0.3, -0.25) is 9.88 Å². The Kier molecular flexibility index (Phi) is 6.14. The molecule has 0 aliphatic carbocycles. The second-order valence-corrected chi connectivity index (χ2v) is 7.46. The fourth-order valence-electron chi connectivity index (χ4n) is 4.02. The van der Waals surface area contributed by atoms with Crippen molar-refractivity contribution in [3.8, 4) is 16.9 Å². The van der Waals surface area contributed by atoms with Crippen LogP contribution in [0, 0.1) is 0 Å². The van der Waals surface area contributed by atoms with Gasteiger partial charge in [0.1, 0.15) is 0 Å². The van der Waals surface area contributed by atoms with E-state index in [1.54, 1.807) is 0 Å². The first-order valence-electron chi connectivity index (χ1n) is 10.3. The molecule has 2 aromatic heterocycles. The largest absolute Gasteiger partial charge is 0.311 e. The lowest BCUT2D eigenvalue weighted by Crippen LogP contribution is -2.40. The van der Waals surface area contributed by atoms with Crippen molar-refractivity contribution in [2.24, 2.45) is 0 Å². The first kappa shape index (κ1) is 18.8. The summed E-state index contributed by atoms with van der Waals surface area (Å²) in [5.74, 6) is 0. The maximum absolute atomic E-state index is 4.88. The Labute approximate surface area is 167 Å². The molecule has 0 spiro atoms. The lowest BCUT2D eigenvalue weighted by Gasteiger charge is -2.26. The van der Waals surface area contributed by atoms with E-state index in [0.29, 0.717) is 6.04 Å². The molecule has 0 saturated carbocycles. The molecule has 28 heavy (non-hydrogen) atoms. The third kappa shape index (κ3) is 4.32. The maximum atomic E-state index is 4.88. The van der Waals surface area contributed by atoms with Crippen molar-refractivity contribution in [2.75, 3.05) is 19.6 Å². The maximum Gasteiger partial charge on any atom is 0.0973 e. The van der Waals surface area contributed by atoms with Gasteiger partial charge in [-0.25, -0.2) is 4.68 Å². The molecule has 5 nitrogen and oxygen atoms in total. The van der Waals surface area contributed by atoms with Crippen LogP contribution in [0.1, 0.15) is 31.7 Å². The number of rotatable bonds is 8. The van der Waals surface area contributed by atoms with Gasteiger partial charge in [0.05, 0.1) is 11.4 Å². The van der Waals surface area contributed by atoms with E-state index in [-0.39, 0.29) is 0 Å². The average Bonchev–Trinajstić information content (AvgIpc) is 3.43. The molecule has 1 N–H and O–H groups in total. The van der Waals surface area contributed by atoms with Crippen molar-refractivity contribution in [3.63, 3.8) is 0 Å². The number of hydrogen-bond acceptors (Lipinski definition) is 4. The van der Waals surface area contributed by atoms with Crippen molar-refractivity contribution >= 4 is 0 Å². The van der Waals surface area contributed by atoms with E-state index >= 15 is 0 Å². The second-order valence-electron chi connectivity index (χ2n) is 7.46. The van der Waals surface area contributed by atoms with Crippen LogP contribution in [0.3, 0.4) is 0 Å². The van der Waals surface area contributed by atoms with Gasteiger partial charge in [0.25, 0.3) is 0 Å². The molecule has 1 aromatic carbocycles. The van der Waals surface area contributed by atoms with Crippen molar-refractivity contribution in [2.45, 2.75) is 38.8 Å². The van der Waals surface area contributed by atoms with Crippen molar-refractivity contribution in [3.05, 3.63) is 66.6 Å². The summed E-state index contributed by atoms with van der Waals surface area (Å²) in [5, 5.41) is 8.58. The molecule has 0 amide bonds. The quantitative estimate of drug-likeness (QED) is 0.649. The van der Waals surface area contributed by atoms with E-state index in [2.05, 4.69) is 40.5 Å². The SMILES string of the molecule is CCC(CNCc1cn(-c2ccccc2)nc1-c1ccncc1)N1CCCC1. The van der Waals surface area contributed by atoms with Crippen LogP contribution in [0.25, 0.3) is 16.9 Å². The van der Waals surface area contributed by atoms with E-state index in [1.165, 1.54) is 37.9 Å². The van der Waals surface area contributed by atoms with Crippen LogP contribution in [-0.2, 0) is 6.54 Å². The lowest BCUT2D eigenvalue weighted by molar-refractivity contribution is 0.229. The number of para-hydroxylation sites is 1. The highest BCUT2D eigenvalue weighted by atomic mass is 15.3. The minimum atomic E-state index is 0.621. The first-order valence-corrected chi connectivity index (χ1v) is 10.3. The molecule has 4 rings (SSSR count). The predicted octanol–water partition coefficient (Wildman–Crippen LogP) is 3.90. The van der Waals surface area contributed by atoms with Gasteiger partial charge in [-0.05, 0) is 56.6 Å². The predicted molar refractivity (Wildman–Crippen MR) is 113 cm³/mol. The molecular weight excluding hydrogens is 346 g/mol. The van der Waals surface area contributed by atoms with E-state index in [4.69, 9.17) is 5.10 Å². The molecule has 1 unspecified atom stereocenters. The minimum Gasteiger partial charge on any atom is -0.311 e. The number of likely N-dealkylation sites (tertiary alicyclic amines) is 1. The van der Waals surface area contributed by atoms with Crippen LogP contribution >= 0.6 is 0 Å². The van der Waals surface area contributed by atoms with Crippen LogP contribution in [-0.4, -0.2) is 45.3 Å². The number of benzene rings is 1. The number of nitrogens with one attached hydrogen (secondary N) is 1. The average molecular weight is 376 g/mol.